The molecular weight excluding hydrogens is 556 g/mol. The van der Waals surface area contributed by atoms with Crippen LogP contribution >= 0.6 is 11.6 Å². The van der Waals surface area contributed by atoms with Crippen LogP contribution in [0.3, 0.4) is 0 Å². The Kier molecular flexibility index (Phi) is 37.0. The maximum absolute atomic E-state index is 11.6. The number of hydrogen-bond acceptors (Lipinski definition) is 10. The Balaban J connectivity index is 3.08. The molecule has 0 heterocycles. The summed E-state index contributed by atoms with van der Waals surface area (Å²) in [7, 11) is 0. The van der Waals surface area contributed by atoms with Crippen LogP contribution in [0.25, 0.3) is 0 Å². The molecule has 41 heavy (non-hydrogen) atoms. The predicted octanol–water partition coefficient (Wildman–Crippen LogP) is 4.82. The molecule has 0 saturated heterocycles. The monoisotopic (exact) mass is 614 g/mol. The minimum Gasteiger partial charge on any atom is -0.463 e. The van der Waals surface area contributed by atoms with Crippen molar-refractivity contribution in [1.29, 1.82) is 0 Å². The molecule has 0 aliphatic carbocycles. The molecule has 0 N–H and O–H groups in total. The first kappa shape index (κ1) is 40.4. The van der Waals surface area contributed by atoms with Gasteiger partial charge in [-0.1, -0.05) is 45.4 Å². The van der Waals surface area contributed by atoms with Crippen LogP contribution in [0.4, 0.5) is 0 Å². The van der Waals surface area contributed by atoms with E-state index in [1.165, 1.54) is 32.1 Å². The van der Waals surface area contributed by atoms with Gasteiger partial charge in [-0.2, -0.15) is 0 Å². The number of esters is 1. The summed E-state index contributed by atoms with van der Waals surface area (Å²) in [5.41, 5.74) is 0. The topological polar surface area (TPSA) is 100 Å². The van der Waals surface area contributed by atoms with Crippen LogP contribution in [0.2, 0.25) is 0 Å². The van der Waals surface area contributed by atoms with Gasteiger partial charge in [-0.25, -0.2) is 0 Å². The Morgan fingerprint density at radius 1 is 0.415 bits per heavy atom. The van der Waals surface area contributed by atoms with Gasteiger partial charge in [-0.05, 0) is 19.3 Å². The Morgan fingerprint density at radius 2 is 0.756 bits per heavy atom. The summed E-state index contributed by atoms with van der Waals surface area (Å²) in [4.78, 5) is 11.6. The molecule has 0 saturated carbocycles. The number of unbranched alkanes of at least 4 members (excludes halogenated alkanes) is 7. The number of hydrogen-bond donors (Lipinski definition) is 0. The first-order valence-corrected chi connectivity index (χ1v) is 16.2. The summed E-state index contributed by atoms with van der Waals surface area (Å²) in [5, 5.41) is 0. The van der Waals surface area contributed by atoms with E-state index < -0.39 is 0 Å². The number of carbonyl (C=O) groups excluding carboxylic acids is 1. The first-order valence-electron chi connectivity index (χ1n) is 15.6. The molecule has 0 aromatic rings. The summed E-state index contributed by atoms with van der Waals surface area (Å²) in [6.45, 7) is 11.0. The zero-order valence-electron chi connectivity index (χ0n) is 25.8. The first-order chi connectivity index (χ1) is 20.3. The van der Waals surface area contributed by atoms with Gasteiger partial charge in [0.2, 0.25) is 0 Å². The van der Waals surface area contributed by atoms with Crippen LogP contribution in [-0.4, -0.2) is 124 Å². The van der Waals surface area contributed by atoms with Crippen LogP contribution in [-0.2, 0) is 47.4 Å². The molecule has 0 aromatic heterocycles. The van der Waals surface area contributed by atoms with Crippen LogP contribution in [0.1, 0.15) is 71.1 Å². The Bertz CT molecular complexity index is 502. The number of carbonyl (C=O) groups is 1. The average molecular weight is 615 g/mol. The zero-order chi connectivity index (χ0) is 29.7. The van der Waals surface area contributed by atoms with E-state index in [1.54, 1.807) is 0 Å². The van der Waals surface area contributed by atoms with Crippen molar-refractivity contribution in [2.45, 2.75) is 71.1 Å². The van der Waals surface area contributed by atoms with Gasteiger partial charge in [-0.3, -0.25) is 4.79 Å². The highest BCUT2D eigenvalue weighted by molar-refractivity contribution is 6.17. The SMILES string of the molecule is CCCCCCCC(=O)OCCOCCOCCOCCOCCOCCOCCOCCOCCCCCCCl. The normalized spacial score (nSPS) is 11.4. The highest BCUT2D eigenvalue weighted by atomic mass is 35.5. The van der Waals surface area contributed by atoms with Crippen LogP contribution in [0.15, 0.2) is 0 Å². The van der Waals surface area contributed by atoms with E-state index in [4.69, 9.17) is 54.2 Å². The van der Waals surface area contributed by atoms with E-state index in [1.807, 2.05) is 0 Å². The Morgan fingerprint density at radius 3 is 1.17 bits per heavy atom. The standard InChI is InChI=1S/C30H59ClO10/c1-2-3-4-5-8-11-30(32)41-29-28-40-27-26-39-25-24-38-23-22-37-21-20-36-19-18-35-17-16-34-15-14-33-13-10-7-6-9-12-31/h2-29H2,1H3. The fourth-order valence-electron chi connectivity index (χ4n) is 3.45. The molecule has 0 amide bonds. The van der Waals surface area contributed by atoms with E-state index in [0.29, 0.717) is 112 Å². The van der Waals surface area contributed by atoms with Crippen molar-refractivity contribution in [3.63, 3.8) is 0 Å². The molecule has 0 aliphatic heterocycles. The Labute approximate surface area is 254 Å². The smallest absolute Gasteiger partial charge is 0.305 e. The van der Waals surface area contributed by atoms with E-state index in [9.17, 15) is 4.79 Å². The third-order valence-electron chi connectivity index (χ3n) is 5.75. The van der Waals surface area contributed by atoms with Gasteiger partial charge in [0.25, 0.3) is 0 Å². The van der Waals surface area contributed by atoms with Crippen LogP contribution in [0, 0.1) is 0 Å². The number of halogens is 1. The second-order valence-electron chi connectivity index (χ2n) is 9.39. The largest absolute Gasteiger partial charge is 0.463 e. The van der Waals surface area contributed by atoms with Crippen LogP contribution < -0.4 is 0 Å². The lowest BCUT2D eigenvalue weighted by atomic mass is 10.1. The van der Waals surface area contributed by atoms with Crippen molar-refractivity contribution in [3.8, 4) is 0 Å². The highest BCUT2D eigenvalue weighted by Crippen LogP contribution is 2.05. The Hall–Kier alpha value is -0.560. The van der Waals surface area contributed by atoms with E-state index >= 15 is 0 Å². The number of alkyl halides is 1. The van der Waals surface area contributed by atoms with Crippen molar-refractivity contribution in [3.05, 3.63) is 0 Å². The van der Waals surface area contributed by atoms with Crippen molar-refractivity contribution in [1.82, 2.24) is 0 Å². The molecule has 246 valence electrons. The summed E-state index contributed by atoms with van der Waals surface area (Å²) >= 11 is 5.65. The molecule has 0 aliphatic rings. The van der Waals surface area contributed by atoms with Gasteiger partial charge < -0.3 is 42.6 Å². The summed E-state index contributed by atoms with van der Waals surface area (Å²) in [6, 6.07) is 0. The second-order valence-corrected chi connectivity index (χ2v) is 9.76. The minimum atomic E-state index is -0.143. The lowest BCUT2D eigenvalue weighted by molar-refractivity contribution is -0.145. The molecule has 11 heteroatoms. The fraction of sp³-hybridized carbons (Fsp3) is 0.967. The third kappa shape index (κ3) is 37.4. The number of ether oxygens (including phenoxy) is 9. The van der Waals surface area contributed by atoms with Crippen molar-refractivity contribution in [2.75, 3.05) is 118 Å². The van der Waals surface area contributed by atoms with Gasteiger partial charge in [0.1, 0.15) is 6.61 Å². The third-order valence-corrected chi connectivity index (χ3v) is 6.02. The van der Waals surface area contributed by atoms with Crippen molar-refractivity contribution < 1.29 is 47.4 Å². The van der Waals surface area contributed by atoms with Crippen molar-refractivity contribution >= 4 is 17.6 Å². The molecule has 0 aromatic carbocycles. The molecule has 0 rings (SSSR count). The summed E-state index contributed by atoms with van der Waals surface area (Å²) in [6.07, 6.45) is 10.6. The van der Waals surface area contributed by atoms with Gasteiger partial charge >= 0.3 is 5.97 Å². The number of rotatable bonds is 36. The molecule has 0 unspecified atom stereocenters. The maximum atomic E-state index is 11.6. The van der Waals surface area contributed by atoms with E-state index in [-0.39, 0.29) is 5.97 Å². The highest BCUT2D eigenvalue weighted by Gasteiger charge is 2.02. The lowest BCUT2D eigenvalue weighted by Gasteiger charge is -2.09. The van der Waals surface area contributed by atoms with E-state index in [0.717, 1.165) is 38.2 Å². The second kappa shape index (κ2) is 37.5. The molecule has 0 atom stereocenters. The average Bonchev–Trinajstić information content (AvgIpc) is 2.98. The molecule has 0 bridgehead atoms. The van der Waals surface area contributed by atoms with Gasteiger partial charge in [0.05, 0.1) is 99.1 Å². The maximum Gasteiger partial charge on any atom is 0.305 e. The minimum absolute atomic E-state index is 0.143. The van der Waals surface area contributed by atoms with Crippen molar-refractivity contribution in [2.24, 2.45) is 0 Å². The summed E-state index contributed by atoms with van der Waals surface area (Å²) in [5.74, 6) is 0.601. The fourth-order valence-corrected chi connectivity index (χ4v) is 3.64. The van der Waals surface area contributed by atoms with Gasteiger partial charge in [0.15, 0.2) is 0 Å². The molecule has 0 radical (unpaired) electrons. The lowest BCUT2D eigenvalue weighted by Crippen LogP contribution is -2.15. The summed E-state index contributed by atoms with van der Waals surface area (Å²) < 4.78 is 48.9. The van der Waals surface area contributed by atoms with Gasteiger partial charge in [0, 0.05) is 18.9 Å². The molecule has 0 fully saturated rings. The quantitative estimate of drug-likeness (QED) is 0.0554. The van der Waals surface area contributed by atoms with Gasteiger partial charge in [-0.15, -0.1) is 11.6 Å². The van der Waals surface area contributed by atoms with Crippen LogP contribution in [0.5, 0.6) is 0 Å². The molecule has 0 spiro atoms. The zero-order valence-corrected chi connectivity index (χ0v) is 26.5. The molecule has 10 nitrogen and oxygen atoms in total. The molecular formula is C30H59ClO10. The van der Waals surface area contributed by atoms with E-state index in [2.05, 4.69) is 6.92 Å². The predicted molar refractivity (Wildman–Crippen MR) is 160 cm³/mol.